The number of hydrogen-bond acceptors (Lipinski definition) is 6. The molecule has 14 heteroatoms. The average molecular weight is 521 g/mol. The molecule has 1 heterocycles. The molecule has 1 aliphatic heterocycles. The molecular formula is C21H18ClF5N4O4. The van der Waals surface area contributed by atoms with Gasteiger partial charge in [-0.3, -0.25) is 19.5 Å². The van der Waals surface area contributed by atoms with E-state index in [2.05, 4.69) is 10.4 Å². The molecule has 0 radical (unpaired) electrons. The monoisotopic (exact) mass is 520 g/mol. The minimum atomic E-state index is -4.75. The number of anilines is 2. The fourth-order valence-electron chi connectivity index (χ4n) is 2.99. The molecule has 0 aliphatic carbocycles. The number of carbonyl (C=O) groups excluding carboxylic acids is 2. The number of ether oxygens (including phenoxy) is 2. The van der Waals surface area contributed by atoms with E-state index in [0.29, 0.717) is 12.5 Å². The predicted molar refractivity (Wildman–Crippen MR) is 117 cm³/mol. The zero-order chi connectivity index (χ0) is 25.8. The zero-order valence-electron chi connectivity index (χ0n) is 18.0. The molecular weight excluding hydrogens is 503 g/mol. The Balaban J connectivity index is 1.96. The van der Waals surface area contributed by atoms with Gasteiger partial charge in [0.25, 0.3) is 5.91 Å². The number of amidine groups is 1. The maximum absolute atomic E-state index is 15.0. The highest BCUT2D eigenvalue weighted by atomic mass is 35.5. The van der Waals surface area contributed by atoms with Gasteiger partial charge < -0.3 is 14.8 Å². The van der Waals surface area contributed by atoms with Gasteiger partial charge in [-0.2, -0.15) is 18.3 Å². The van der Waals surface area contributed by atoms with Crippen LogP contribution in [0.4, 0.5) is 33.3 Å². The largest absolute Gasteiger partial charge is 0.483 e. The fourth-order valence-corrected chi connectivity index (χ4v) is 3.21. The van der Waals surface area contributed by atoms with E-state index in [9.17, 15) is 31.5 Å². The fraction of sp³-hybridized carbons (Fsp3) is 0.286. The number of rotatable bonds is 7. The van der Waals surface area contributed by atoms with Gasteiger partial charge in [0.1, 0.15) is 24.0 Å². The van der Waals surface area contributed by atoms with Crippen LogP contribution < -0.4 is 15.1 Å². The van der Waals surface area contributed by atoms with Crippen LogP contribution in [0.3, 0.4) is 0 Å². The molecule has 2 aromatic carbocycles. The third-order valence-corrected chi connectivity index (χ3v) is 4.96. The van der Waals surface area contributed by atoms with Crippen molar-refractivity contribution in [3.8, 4) is 5.75 Å². The molecule has 0 spiro atoms. The van der Waals surface area contributed by atoms with E-state index < -0.39 is 41.6 Å². The van der Waals surface area contributed by atoms with E-state index in [-0.39, 0.29) is 42.0 Å². The Morgan fingerprint density at radius 1 is 1.31 bits per heavy atom. The van der Waals surface area contributed by atoms with Gasteiger partial charge in [0.05, 0.1) is 35.1 Å². The van der Waals surface area contributed by atoms with Gasteiger partial charge in [-0.1, -0.05) is 11.6 Å². The van der Waals surface area contributed by atoms with Gasteiger partial charge in [-0.25, -0.2) is 8.78 Å². The Morgan fingerprint density at radius 3 is 2.71 bits per heavy atom. The molecule has 8 nitrogen and oxygen atoms in total. The van der Waals surface area contributed by atoms with Gasteiger partial charge >= 0.3 is 6.18 Å². The first kappa shape index (κ1) is 26.2. The lowest BCUT2D eigenvalue weighted by molar-refractivity contribution is -0.153. The average Bonchev–Trinajstić information content (AvgIpc) is 2.79. The first-order valence-corrected chi connectivity index (χ1v) is 10.3. The second-order valence-electron chi connectivity index (χ2n) is 7.17. The molecule has 0 unspecified atom stereocenters. The first-order valence-electron chi connectivity index (χ1n) is 9.89. The molecule has 1 aliphatic rings. The molecule has 35 heavy (non-hydrogen) atoms. The molecule has 3 rings (SSSR count). The molecule has 2 amide bonds. The maximum atomic E-state index is 15.0. The summed E-state index contributed by atoms with van der Waals surface area (Å²) < 4.78 is 76.6. The van der Waals surface area contributed by atoms with Gasteiger partial charge in [0.2, 0.25) is 6.41 Å². The summed E-state index contributed by atoms with van der Waals surface area (Å²) >= 11 is 5.87. The molecule has 1 N–H and O–H groups in total. The lowest BCUT2D eigenvalue weighted by atomic mass is 10.1. The van der Waals surface area contributed by atoms with E-state index in [1.165, 1.54) is 11.9 Å². The van der Waals surface area contributed by atoms with Crippen molar-refractivity contribution in [1.82, 2.24) is 4.90 Å². The Morgan fingerprint density at radius 2 is 2.06 bits per heavy atom. The van der Waals surface area contributed by atoms with Crippen LogP contribution in [0.1, 0.15) is 10.4 Å². The highest BCUT2D eigenvalue weighted by molar-refractivity contribution is 6.34. The van der Waals surface area contributed by atoms with Crippen LogP contribution in [0.2, 0.25) is 5.02 Å². The van der Waals surface area contributed by atoms with Crippen LogP contribution in [-0.2, 0) is 9.53 Å². The second kappa shape index (κ2) is 10.9. The summed E-state index contributed by atoms with van der Waals surface area (Å²) in [5, 5.41) is 7.14. The molecule has 2 aromatic rings. The SMILES string of the molecule is CN(/N=C1/COCCN1C=O)c1cc(OCC(F)(F)F)c(C(=O)Nc2ccc(F)cc2Cl)cc1F. The number of morpholine rings is 1. The molecule has 0 aromatic heterocycles. The number of hydrazone groups is 1. The van der Waals surface area contributed by atoms with Crippen molar-refractivity contribution in [3.63, 3.8) is 0 Å². The minimum absolute atomic E-state index is 0.0545. The normalized spacial score (nSPS) is 15.2. The van der Waals surface area contributed by atoms with Gasteiger partial charge in [0, 0.05) is 13.1 Å². The Kier molecular flexibility index (Phi) is 8.12. The summed E-state index contributed by atoms with van der Waals surface area (Å²) in [4.78, 5) is 25.2. The van der Waals surface area contributed by atoms with Gasteiger partial charge in [-0.05, 0) is 24.3 Å². The van der Waals surface area contributed by atoms with E-state index in [1.807, 2.05) is 0 Å². The standard InChI is InChI=1S/C21H18ClF5N4O4/c1-30(29-19-9-34-5-4-31(19)11-32)17-8-18(35-10-21(25,26)27)13(7-15(17)24)20(33)28-16-3-2-12(23)6-14(16)22/h2-3,6-8,11H,4-5,9-10H2,1H3,(H,28,33)/b29-19-. The van der Waals surface area contributed by atoms with Crippen molar-refractivity contribution in [2.45, 2.75) is 6.18 Å². The van der Waals surface area contributed by atoms with Crippen molar-refractivity contribution in [2.24, 2.45) is 5.10 Å². The van der Waals surface area contributed by atoms with Crippen molar-refractivity contribution in [1.29, 1.82) is 0 Å². The molecule has 188 valence electrons. The number of amides is 2. The van der Waals surface area contributed by atoms with Crippen LogP contribution >= 0.6 is 11.6 Å². The topological polar surface area (TPSA) is 83.5 Å². The van der Waals surface area contributed by atoms with Crippen molar-refractivity contribution in [2.75, 3.05) is 43.7 Å². The maximum Gasteiger partial charge on any atom is 0.422 e. The molecule has 0 bridgehead atoms. The van der Waals surface area contributed by atoms with Crippen LogP contribution in [0.5, 0.6) is 5.75 Å². The summed E-state index contributed by atoms with van der Waals surface area (Å²) in [6.07, 6.45) is -4.24. The zero-order valence-corrected chi connectivity index (χ0v) is 18.8. The van der Waals surface area contributed by atoms with Gasteiger partial charge in [0.15, 0.2) is 12.4 Å². The van der Waals surface area contributed by atoms with Crippen molar-refractivity contribution in [3.05, 3.63) is 52.6 Å². The summed E-state index contributed by atoms with van der Waals surface area (Å²) in [5.41, 5.74) is -0.978. The summed E-state index contributed by atoms with van der Waals surface area (Å²) in [6.45, 7) is -1.33. The number of nitrogens with one attached hydrogen (secondary N) is 1. The molecule has 0 atom stereocenters. The van der Waals surface area contributed by atoms with E-state index in [0.717, 1.165) is 29.3 Å². The number of alkyl halides is 3. The smallest absolute Gasteiger partial charge is 0.422 e. The summed E-state index contributed by atoms with van der Waals surface area (Å²) in [6, 6.07) is 4.57. The van der Waals surface area contributed by atoms with Gasteiger partial charge in [-0.15, -0.1) is 0 Å². The van der Waals surface area contributed by atoms with Crippen LogP contribution in [0.15, 0.2) is 35.4 Å². The van der Waals surface area contributed by atoms with Crippen LogP contribution in [-0.4, -0.2) is 62.6 Å². The number of carbonyl (C=O) groups is 2. The molecule has 1 saturated heterocycles. The highest BCUT2D eigenvalue weighted by Gasteiger charge is 2.30. The predicted octanol–water partition coefficient (Wildman–Crippen LogP) is 4.05. The van der Waals surface area contributed by atoms with E-state index in [1.54, 1.807) is 0 Å². The number of hydrogen-bond donors (Lipinski definition) is 1. The lowest BCUT2D eigenvalue weighted by Gasteiger charge is -2.26. The Bertz CT molecular complexity index is 1150. The first-order chi connectivity index (χ1) is 16.5. The minimum Gasteiger partial charge on any atom is -0.483 e. The van der Waals surface area contributed by atoms with Crippen LogP contribution in [0, 0.1) is 11.6 Å². The Hall–Kier alpha value is -3.45. The van der Waals surface area contributed by atoms with E-state index in [4.69, 9.17) is 21.1 Å². The molecule has 0 saturated carbocycles. The molecule has 1 fully saturated rings. The van der Waals surface area contributed by atoms with Crippen molar-refractivity contribution >= 4 is 41.1 Å². The summed E-state index contributed by atoms with van der Waals surface area (Å²) in [7, 11) is 1.29. The number of nitrogens with zero attached hydrogens (tertiary/aromatic N) is 3. The lowest BCUT2D eigenvalue weighted by Crippen LogP contribution is -2.42. The second-order valence-corrected chi connectivity index (χ2v) is 7.58. The summed E-state index contributed by atoms with van der Waals surface area (Å²) in [5.74, 6) is -3.23. The highest BCUT2D eigenvalue weighted by Crippen LogP contribution is 2.32. The number of halogens is 6. The van der Waals surface area contributed by atoms with E-state index >= 15 is 0 Å². The number of benzene rings is 2. The third-order valence-electron chi connectivity index (χ3n) is 4.64. The quantitative estimate of drug-likeness (QED) is 0.338. The van der Waals surface area contributed by atoms with Crippen molar-refractivity contribution < 1.29 is 41.0 Å². The third kappa shape index (κ3) is 6.79. The Labute approximate surface area is 200 Å². The van der Waals surface area contributed by atoms with Crippen LogP contribution in [0.25, 0.3) is 0 Å².